The summed E-state index contributed by atoms with van der Waals surface area (Å²) in [5, 5.41) is 0. The molecular formula is C25H28O3. The third-order valence-electron chi connectivity index (χ3n) is 4.96. The summed E-state index contributed by atoms with van der Waals surface area (Å²) in [5.74, 6) is 2.04. The third-order valence-corrected chi connectivity index (χ3v) is 4.96. The first-order valence-electron chi connectivity index (χ1n) is 9.64. The number of hydrogen-bond acceptors (Lipinski definition) is 3. The van der Waals surface area contributed by atoms with Crippen molar-refractivity contribution in [2.75, 3.05) is 21.3 Å². The van der Waals surface area contributed by atoms with Crippen molar-refractivity contribution in [1.82, 2.24) is 0 Å². The molecule has 3 rings (SSSR count). The van der Waals surface area contributed by atoms with Crippen LogP contribution in [0, 0.1) is 0 Å². The first-order chi connectivity index (χ1) is 13.7. The molecule has 0 radical (unpaired) electrons. The predicted molar refractivity (Wildman–Crippen MR) is 114 cm³/mol. The van der Waals surface area contributed by atoms with Gasteiger partial charge in [-0.1, -0.05) is 54.6 Å². The van der Waals surface area contributed by atoms with Gasteiger partial charge in [0.15, 0.2) is 11.5 Å². The molecule has 0 bridgehead atoms. The number of aryl methyl sites for hydroxylation is 4. The zero-order valence-electron chi connectivity index (χ0n) is 16.9. The summed E-state index contributed by atoms with van der Waals surface area (Å²) < 4.78 is 16.3. The lowest BCUT2D eigenvalue weighted by Crippen LogP contribution is -1.99. The fourth-order valence-corrected chi connectivity index (χ4v) is 3.44. The Hall–Kier alpha value is -2.94. The fourth-order valence-electron chi connectivity index (χ4n) is 3.44. The van der Waals surface area contributed by atoms with Gasteiger partial charge in [0.1, 0.15) is 0 Å². The van der Waals surface area contributed by atoms with Crippen molar-refractivity contribution in [2.24, 2.45) is 0 Å². The van der Waals surface area contributed by atoms with Crippen LogP contribution in [0.5, 0.6) is 17.2 Å². The number of ether oxygens (including phenoxy) is 3. The maximum Gasteiger partial charge on any atom is 0.203 e. The second kappa shape index (κ2) is 9.84. The van der Waals surface area contributed by atoms with Gasteiger partial charge in [0.25, 0.3) is 0 Å². The highest BCUT2D eigenvalue weighted by molar-refractivity contribution is 5.54. The van der Waals surface area contributed by atoms with Gasteiger partial charge in [0.05, 0.1) is 21.3 Å². The van der Waals surface area contributed by atoms with Crippen LogP contribution in [0.2, 0.25) is 0 Å². The van der Waals surface area contributed by atoms with Crippen molar-refractivity contribution < 1.29 is 14.2 Å². The summed E-state index contributed by atoms with van der Waals surface area (Å²) in [6.07, 6.45) is 4.01. The molecule has 3 nitrogen and oxygen atoms in total. The van der Waals surface area contributed by atoms with Crippen molar-refractivity contribution in [1.29, 1.82) is 0 Å². The van der Waals surface area contributed by atoms with Gasteiger partial charge < -0.3 is 14.2 Å². The van der Waals surface area contributed by atoms with E-state index in [0.29, 0.717) is 17.2 Å². The highest BCUT2D eigenvalue weighted by atomic mass is 16.5. The summed E-state index contributed by atoms with van der Waals surface area (Å²) in [6.45, 7) is 0. The lowest BCUT2D eigenvalue weighted by Gasteiger charge is -2.14. The first-order valence-corrected chi connectivity index (χ1v) is 9.64. The highest BCUT2D eigenvalue weighted by Gasteiger charge is 2.13. The van der Waals surface area contributed by atoms with Crippen LogP contribution in [0.25, 0.3) is 0 Å². The Morgan fingerprint density at radius 3 is 1.54 bits per heavy atom. The van der Waals surface area contributed by atoms with Crippen LogP contribution in [-0.4, -0.2) is 21.3 Å². The molecular weight excluding hydrogens is 348 g/mol. The van der Waals surface area contributed by atoms with Crippen LogP contribution in [0.1, 0.15) is 22.3 Å². The normalized spacial score (nSPS) is 10.5. The SMILES string of the molecule is COc1cc(CCc2cccc(CCc3ccccc3)c2)cc(OC)c1OC. The molecule has 0 atom stereocenters. The fraction of sp³-hybridized carbons (Fsp3) is 0.280. The van der Waals surface area contributed by atoms with Crippen LogP contribution in [-0.2, 0) is 25.7 Å². The second-order valence-corrected chi connectivity index (χ2v) is 6.84. The molecule has 0 amide bonds. The van der Waals surface area contributed by atoms with Gasteiger partial charge in [-0.2, -0.15) is 0 Å². The molecule has 0 N–H and O–H groups in total. The van der Waals surface area contributed by atoms with Crippen LogP contribution in [0.3, 0.4) is 0 Å². The molecule has 3 aromatic rings. The minimum absolute atomic E-state index is 0.636. The Morgan fingerprint density at radius 2 is 1.00 bits per heavy atom. The van der Waals surface area contributed by atoms with Gasteiger partial charge in [0.2, 0.25) is 5.75 Å². The molecule has 0 fully saturated rings. The maximum absolute atomic E-state index is 5.46. The summed E-state index contributed by atoms with van der Waals surface area (Å²) in [7, 11) is 4.93. The van der Waals surface area contributed by atoms with Gasteiger partial charge in [-0.15, -0.1) is 0 Å². The lowest BCUT2D eigenvalue weighted by molar-refractivity contribution is 0.324. The van der Waals surface area contributed by atoms with Crippen LogP contribution >= 0.6 is 0 Å². The van der Waals surface area contributed by atoms with Crippen molar-refractivity contribution in [3.8, 4) is 17.2 Å². The van der Waals surface area contributed by atoms with Gasteiger partial charge >= 0.3 is 0 Å². The predicted octanol–water partition coefficient (Wildman–Crippen LogP) is 5.28. The monoisotopic (exact) mass is 376 g/mol. The molecule has 146 valence electrons. The molecule has 0 heterocycles. The van der Waals surface area contributed by atoms with E-state index >= 15 is 0 Å². The van der Waals surface area contributed by atoms with Crippen LogP contribution in [0.15, 0.2) is 66.7 Å². The molecule has 28 heavy (non-hydrogen) atoms. The van der Waals surface area contributed by atoms with Crippen LogP contribution in [0.4, 0.5) is 0 Å². The summed E-state index contributed by atoms with van der Waals surface area (Å²) in [4.78, 5) is 0. The van der Waals surface area contributed by atoms with Crippen molar-refractivity contribution >= 4 is 0 Å². The molecule has 0 unspecified atom stereocenters. The second-order valence-electron chi connectivity index (χ2n) is 6.84. The Labute approximate surface area is 167 Å². The topological polar surface area (TPSA) is 27.7 Å². The average molecular weight is 376 g/mol. The molecule has 0 saturated carbocycles. The summed E-state index contributed by atoms with van der Waals surface area (Å²) >= 11 is 0. The quantitative estimate of drug-likeness (QED) is 0.508. The molecule has 3 aromatic carbocycles. The Bertz CT molecular complexity index is 862. The van der Waals surface area contributed by atoms with Crippen molar-refractivity contribution in [3.05, 3.63) is 89.0 Å². The third kappa shape index (κ3) is 5.07. The van der Waals surface area contributed by atoms with Crippen molar-refractivity contribution in [2.45, 2.75) is 25.7 Å². The van der Waals surface area contributed by atoms with E-state index in [0.717, 1.165) is 25.7 Å². The molecule has 0 spiro atoms. The number of rotatable bonds is 9. The zero-order chi connectivity index (χ0) is 19.8. The van der Waals surface area contributed by atoms with E-state index in [4.69, 9.17) is 14.2 Å². The molecule has 0 aliphatic rings. The smallest absolute Gasteiger partial charge is 0.203 e. The molecule has 0 aliphatic heterocycles. The van der Waals surface area contributed by atoms with Crippen molar-refractivity contribution in [3.63, 3.8) is 0 Å². The zero-order valence-corrected chi connectivity index (χ0v) is 16.9. The van der Waals surface area contributed by atoms with Gasteiger partial charge in [-0.3, -0.25) is 0 Å². The van der Waals surface area contributed by atoms with Crippen LogP contribution < -0.4 is 14.2 Å². The largest absolute Gasteiger partial charge is 0.493 e. The number of methoxy groups -OCH3 is 3. The Morgan fingerprint density at radius 1 is 0.500 bits per heavy atom. The van der Waals surface area contributed by atoms with E-state index in [1.54, 1.807) is 21.3 Å². The highest BCUT2D eigenvalue weighted by Crippen LogP contribution is 2.38. The van der Waals surface area contributed by atoms with E-state index in [-0.39, 0.29) is 0 Å². The van der Waals surface area contributed by atoms with E-state index in [2.05, 4.69) is 54.6 Å². The maximum atomic E-state index is 5.46. The van der Waals surface area contributed by atoms with Gasteiger partial charge in [-0.25, -0.2) is 0 Å². The molecule has 0 aliphatic carbocycles. The molecule has 0 aromatic heterocycles. The van der Waals surface area contributed by atoms with E-state index in [9.17, 15) is 0 Å². The number of benzene rings is 3. The lowest BCUT2D eigenvalue weighted by atomic mass is 9.99. The minimum Gasteiger partial charge on any atom is -0.493 e. The number of hydrogen-bond donors (Lipinski definition) is 0. The minimum atomic E-state index is 0.636. The summed E-state index contributed by atoms with van der Waals surface area (Å²) in [5.41, 5.74) is 5.28. The Balaban J connectivity index is 1.66. The van der Waals surface area contributed by atoms with Gasteiger partial charge in [0, 0.05) is 0 Å². The van der Waals surface area contributed by atoms with E-state index < -0.39 is 0 Å². The Kier molecular flexibility index (Phi) is 6.96. The molecule has 3 heteroatoms. The van der Waals surface area contributed by atoms with Gasteiger partial charge in [-0.05, 0) is 60.1 Å². The van der Waals surface area contributed by atoms with E-state index in [1.165, 1.54) is 22.3 Å². The first kappa shape index (κ1) is 19.8. The van der Waals surface area contributed by atoms with E-state index in [1.807, 2.05) is 12.1 Å². The average Bonchev–Trinajstić information content (AvgIpc) is 2.76. The standard InChI is InChI=1S/C25H28O3/c1-26-23-17-22(18-24(27-2)25(23)28-3)15-14-21-11-7-10-20(16-21)13-12-19-8-5-4-6-9-19/h4-11,16-18H,12-15H2,1-3H3. The molecule has 0 saturated heterocycles. The summed E-state index contributed by atoms with van der Waals surface area (Å²) in [6, 6.07) is 23.6.